The summed E-state index contributed by atoms with van der Waals surface area (Å²) in [6.45, 7) is 0.309. The molecule has 0 unspecified atom stereocenters. The maximum Gasteiger partial charge on any atom is 0.251 e. The Morgan fingerprint density at radius 2 is 1.65 bits per heavy atom. The second kappa shape index (κ2) is 8.42. The summed E-state index contributed by atoms with van der Waals surface area (Å²) in [5.74, 6) is -0.435. The van der Waals surface area contributed by atoms with Gasteiger partial charge in [-0.3, -0.25) is 4.79 Å². The Hall–Kier alpha value is -1.45. The number of amides is 1. The van der Waals surface area contributed by atoms with Crippen LogP contribution < -0.4 is 10.0 Å². The van der Waals surface area contributed by atoms with Crippen molar-refractivity contribution in [1.82, 2.24) is 10.0 Å². The van der Waals surface area contributed by atoms with Gasteiger partial charge in [0.1, 0.15) is 0 Å². The minimum atomic E-state index is -3.43. The van der Waals surface area contributed by atoms with Crippen LogP contribution in [0.3, 0.4) is 0 Å². The SMILES string of the molecule is O=C(NCCS(=O)(=O)NCc1ccccc1)c1ccc(I)cc1. The van der Waals surface area contributed by atoms with Gasteiger partial charge >= 0.3 is 0 Å². The van der Waals surface area contributed by atoms with Crippen LogP contribution in [0, 0.1) is 3.57 Å². The van der Waals surface area contributed by atoms with Gasteiger partial charge in [0.15, 0.2) is 0 Å². The van der Waals surface area contributed by atoms with E-state index in [-0.39, 0.29) is 24.7 Å². The highest BCUT2D eigenvalue weighted by molar-refractivity contribution is 14.1. The number of carbonyl (C=O) groups is 1. The van der Waals surface area contributed by atoms with Gasteiger partial charge in [-0.25, -0.2) is 13.1 Å². The first-order chi connectivity index (χ1) is 11.0. The molecule has 1 amide bonds. The average molecular weight is 444 g/mol. The lowest BCUT2D eigenvalue weighted by Gasteiger charge is -2.08. The molecule has 0 bridgehead atoms. The van der Waals surface area contributed by atoms with Gasteiger partial charge in [-0.15, -0.1) is 0 Å². The molecule has 0 fully saturated rings. The lowest BCUT2D eigenvalue weighted by Crippen LogP contribution is -2.34. The average Bonchev–Trinajstić information content (AvgIpc) is 2.54. The van der Waals surface area contributed by atoms with Gasteiger partial charge < -0.3 is 5.32 Å². The number of benzene rings is 2. The zero-order chi connectivity index (χ0) is 16.7. The Morgan fingerprint density at radius 1 is 1.00 bits per heavy atom. The number of hydrogen-bond donors (Lipinski definition) is 2. The fraction of sp³-hybridized carbons (Fsp3) is 0.188. The molecule has 5 nitrogen and oxygen atoms in total. The molecule has 0 atom stereocenters. The number of rotatable bonds is 7. The van der Waals surface area contributed by atoms with Crippen LogP contribution in [0.15, 0.2) is 54.6 Å². The van der Waals surface area contributed by atoms with E-state index < -0.39 is 10.0 Å². The summed E-state index contributed by atoms with van der Waals surface area (Å²) in [4.78, 5) is 11.9. The van der Waals surface area contributed by atoms with Crippen molar-refractivity contribution in [2.45, 2.75) is 6.54 Å². The molecule has 0 aliphatic carbocycles. The number of sulfonamides is 1. The summed E-state index contributed by atoms with van der Waals surface area (Å²) in [6.07, 6.45) is 0. The first-order valence-corrected chi connectivity index (χ1v) is 9.74. The van der Waals surface area contributed by atoms with Crippen molar-refractivity contribution in [2.75, 3.05) is 12.3 Å². The number of halogens is 1. The van der Waals surface area contributed by atoms with Crippen molar-refractivity contribution in [3.63, 3.8) is 0 Å². The molecule has 23 heavy (non-hydrogen) atoms. The topological polar surface area (TPSA) is 75.3 Å². The Balaban J connectivity index is 1.78. The summed E-state index contributed by atoms with van der Waals surface area (Å²) >= 11 is 2.15. The van der Waals surface area contributed by atoms with E-state index in [0.29, 0.717) is 5.56 Å². The highest BCUT2D eigenvalue weighted by Crippen LogP contribution is 2.06. The van der Waals surface area contributed by atoms with E-state index in [1.54, 1.807) is 12.1 Å². The van der Waals surface area contributed by atoms with Gasteiger partial charge in [0.05, 0.1) is 5.75 Å². The second-order valence-electron chi connectivity index (χ2n) is 4.89. The van der Waals surface area contributed by atoms with Crippen molar-refractivity contribution in [1.29, 1.82) is 0 Å². The van der Waals surface area contributed by atoms with E-state index in [2.05, 4.69) is 32.6 Å². The molecule has 0 aromatic heterocycles. The quantitative estimate of drug-likeness (QED) is 0.643. The number of carbonyl (C=O) groups excluding carboxylic acids is 1. The molecule has 0 spiro atoms. The molecule has 0 saturated carbocycles. The van der Waals surface area contributed by atoms with Crippen LogP contribution in [-0.4, -0.2) is 26.6 Å². The first-order valence-electron chi connectivity index (χ1n) is 7.01. The van der Waals surface area contributed by atoms with Crippen LogP contribution in [0.5, 0.6) is 0 Å². The molecule has 0 saturated heterocycles. The van der Waals surface area contributed by atoms with Crippen molar-refractivity contribution in [3.05, 3.63) is 69.3 Å². The third kappa shape index (κ3) is 6.28. The van der Waals surface area contributed by atoms with Gasteiger partial charge in [-0.1, -0.05) is 30.3 Å². The molecule has 7 heteroatoms. The summed E-state index contributed by atoms with van der Waals surface area (Å²) in [7, 11) is -3.43. The Kier molecular flexibility index (Phi) is 6.55. The zero-order valence-corrected chi connectivity index (χ0v) is 15.3. The predicted octanol–water partition coefficient (Wildman–Crippen LogP) is 2.14. The highest BCUT2D eigenvalue weighted by Gasteiger charge is 2.11. The smallest absolute Gasteiger partial charge is 0.251 e. The van der Waals surface area contributed by atoms with Gasteiger partial charge in [0.25, 0.3) is 5.91 Å². The molecule has 2 rings (SSSR count). The van der Waals surface area contributed by atoms with E-state index >= 15 is 0 Å². The van der Waals surface area contributed by atoms with Crippen LogP contribution in [-0.2, 0) is 16.6 Å². The molecule has 0 radical (unpaired) electrons. The van der Waals surface area contributed by atoms with E-state index in [1.807, 2.05) is 42.5 Å². The molecular formula is C16H17IN2O3S. The molecule has 2 aromatic rings. The standard InChI is InChI=1S/C16H17IN2O3S/c17-15-8-6-14(7-9-15)16(20)18-10-11-23(21,22)19-12-13-4-2-1-3-5-13/h1-9,19H,10-12H2,(H,18,20). The van der Waals surface area contributed by atoms with Crippen molar-refractivity contribution in [3.8, 4) is 0 Å². The maximum atomic E-state index is 11.9. The lowest BCUT2D eigenvalue weighted by molar-refractivity contribution is 0.0956. The maximum absolute atomic E-state index is 11.9. The second-order valence-corrected chi connectivity index (χ2v) is 8.06. The van der Waals surface area contributed by atoms with Gasteiger partial charge in [0.2, 0.25) is 10.0 Å². The molecule has 0 aliphatic heterocycles. The van der Waals surface area contributed by atoms with Crippen molar-refractivity contribution < 1.29 is 13.2 Å². The zero-order valence-electron chi connectivity index (χ0n) is 12.3. The van der Waals surface area contributed by atoms with E-state index in [0.717, 1.165) is 9.13 Å². The van der Waals surface area contributed by atoms with Crippen molar-refractivity contribution in [2.24, 2.45) is 0 Å². The van der Waals surface area contributed by atoms with E-state index in [1.165, 1.54) is 0 Å². The van der Waals surface area contributed by atoms with Crippen LogP contribution >= 0.6 is 22.6 Å². The number of hydrogen-bond acceptors (Lipinski definition) is 3. The monoisotopic (exact) mass is 444 g/mol. The molecule has 2 aromatic carbocycles. The van der Waals surface area contributed by atoms with E-state index in [9.17, 15) is 13.2 Å². The van der Waals surface area contributed by atoms with Gasteiger partial charge in [0, 0.05) is 22.2 Å². The molecule has 0 aliphatic rings. The molecular weight excluding hydrogens is 427 g/mol. The molecule has 2 N–H and O–H groups in total. The van der Waals surface area contributed by atoms with E-state index in [4.69, 9.17) is 0 Å². The number of nitrogens with one attached hydrogen (secondary N) is 2. The Morgan fingerprint density at radius 3 is 2.30 bits per heavy atom. The Bertz CT molecular complexity index is 747. The van der Waals surface area contributed by atoms with Crippen LogP contribution in [0.1, 0.15) is 15.9 Å². The van der Waals surface area contributed by atoms with Gasteiger partial charge in [-0.2, -0.15) is 0 Å². The normalized spacial score (nSPS) is 11.2. The summed E-state index contributed by atoms with van der Waals surface area (Å²) < 4.78 is 27.4. The fourth-order valence-electron chi connectivity index (χ4n) is 1.86. The third-order valence-electron chi connectivity index (χ3n) is 3.10. The van der Waals surface area contributed by atoms with Crippen LogP contribution in [0.25, 0.3) is 0 Å². The van der Waals surface area contributed by atoms with Crippen LogP contribution in [0.2, 0.25) is 0 Å². The predicted molar refractivity (Wildman–Crippen MR) is 98.6 cm³/mol. The minimum Gasteiger partial charge on any atom is -0.351 e. The fourth-order valence-corrected chi connectivity index (χ4v) is 3.12. The Labute approximate surface area is 149 Å². The van der Waals surface area contributed by atoms with Gasteiger partial charge in [-0.05, 0) is 52.4 Å². The highest BCUT2D eigenvalue weighted by atomic mass is 127. The third-order valence-corrected chi connectivity index (χ3v) is 5.15. The van der Waals surface area contributed by atoms with Crippen molar-refractivity contribution >= 4 is 38.5 Å². The van der Waals surface area contributed by atoms with Crippen LogP contribution in [0.4, 0.5) is 0 Å². The first kappa shape index (κ1) is 17.9. The summed E-state index contributed by atoms with van der Waals surface area (Å²) in [5.41, 5.74) is 1.40. The summed E-state index contributed by atoms with van der Waals surface area (Å²) in [5, 5.41) is 2.61. The minimum absolute atomic E-state index is 0.0644. The largest absolute Gasteiger partial charge is 0.351 e. The lowest BCUT2D eigenvalue weighted by atomic mass is 10.2. The summed E-state index contributed by atoms with van der Waals surface area (Å²) in [6, 6.07) is 16.3. The molecule has 122 valence electrons. The molecule has 0 heterocycles.